The summed E-state index contributed by atoms with van der Waals surface area (Å²) in [5.41, 5.74) is 1.92. The van der Waals surface area contributed by atoms with Gasteiger partial charge in [0.15, 0.2) is 16.6 Å². The highest BCUT2D eigenvalue weighted by Crippen LogP contribution is 2.27. The van der Waals surface area contributed by atoms with Crippen molar-refractivity contribution in [3.8, 4) is 11.5 Å². The molecule has 1 heterocycles. The third kappa shape index (κ3) is 5.26. The predicted molar refractivity (Wildman–Crippen MR) is 96.7 cm³/mol. The van der Waals surface area contributed by atoms with E-state index in [4.69, 9.17) is 33.3 Å². The lowest BCUT2D eigenvalue weighted by Crippen LogP contribution is -2.30. The van der Waals surface area contributed by atoms with Crippen molar-refractivity contribution in [2.75, 3.05) is 26.1 Å². The smallest absolute Gasteiger partial charge is 0.170 e. The van der Waals surface area contributed by atoms with Gasteiger partial charge in [-0.3, -0.25) is 0 Å². The Labute approximate surface area is 146 Å². The zero-order valence-electron chi connectivity index (χ0n) is 12.9. The second kappa shape index (κ2) is 8.55. The molecule has 122 valence electrons. The van der Waals surface area contributed by atoms with E-state index >= 15 is 0 Å². The monoisotopic (exact) mass is 351 g/mol. The summed E-state index contributed by atoms with van der Waals surface area (Å²) in [5.74, 6) is 1.44. The van der Waals surface area contributed by atoms with E-state index in [-0.39, 0.29) is 0 Å². The van der Waals surface area contributed by atoms with Crippen LogP contribution in [0.15, 0.2) is 36.5 Å². The maximum Gasteiger partial charge on any atom is 0.170 e. The third-order valence-electron chi connectivity index (χ3n) is 3.13. The molecule has 0 atom stereocenters. The van der Waals surface area contributed by atoms with Crippen molar-refractivity contribution >= 4 is 34.6 Å². The van der Waals surface area contributed by atoms with Gasteiger partial charge in [-0.1, -0.05) is 17.7 Å². The minimum atomic E-state index is 0.447. The van der Waals surface area contributed by atoms with Gasteiger partial charge in [-0.15, -0.1) is 0 Å². The first-order chi connectivity index (χ1) is 11.1. The number of thiocarbonyl (C=S) groups is 1. The van der Waals surface area contributed by atoms with Gasteiger partial charge in [-0.25, -0.2) is 4.98 Å². The normalized spacial score (nSPS) is 10.0. The molecule has 2 aromatic rings. The molecule has 0 fully saturated rings. The van der Waals surface area contributed by atoms with Gasteiger partial charge in [-0.2, -0.15) is 0 Å². The van der Waals surface area contributed by atoms with E-state index < -0.39 is 0 Å². The van der Waals surface area contributed by atoms with Crippen LogP contribution < -0.4 is 20.1 Å². The fourth-order valence-electron chi connectivity index (χ4n) is 1.98. The van der Waals surface area contributed by atoms with Crippen molar-refractivity contribution in [3.05, 3.63) is 47.2 Å². The molecule has 2 rings (SSSR count). The van der Waals surface area contributed by atoms with Crippen LogP contribution in [0.2, 0.25) is 5.15 Å². The number of halogens is 1. The third-order valence-corrected chi connectivity index (χ3v) is 3.60. The van der Waals surface area contributed by atoms with Crippen molar-refractivity contribution in [3.63, 3.8) is 0 Å². The summed E-state index contributed by atoms with van der Waals surface area (Å²) in [5, 5.41) is 7.18. The molecule has 0 radical (unpaired) electrons. The molecule has 0 aliphatic heterocycles. The number of ether oxygens (including phenoxy) is 2. The number of pyridine rings is 1. The quantitative estimate of drug-likeness (QED) is 0.615. The molecule has 7 heteroatoms. The molecule has 0 unspecified atom stereocenters. The molecule has 0 bridgehead atoms. The average molecular weight is 352 g/mol. The van der Waals surface area contributed by atoms with Crippen LogP contribution >= 0.6 is 23.8 Å². The zero-order valence-corrected chi connectivity index (χ0v) is 14.5. The lowest BCUT2D eigenvalue weighted by Gasteiger charge is -2.12. The number of anilines is 1. The number of benzene rings is 1. The SMILES string of the molecule is COc1ccc(CCNC(=S)Nc2ccc(Cl)nc2)cc1OC. The molecule has 5 nitrogen and oxygen atoms in total. The maximum absolute atomic E-state index is 5.74. The van der Waals surface area contributed by atoms with E-state index in [1.54, 1.807) is 26.5 Å². The molecule has 1 aromatic carbocycles. The van der Waals surface area contributed by atoms with Crippen LogP contribution in [-0.4, -0.2) is 30.9 Å². The summed E-state index contributed by atoms with van der Waals surface area (Å²) in [6, 6.07) is 9.38. The lowest BCUT2D eigenvalue weighted by molar-refractivity contribution is 0.354. The first-order valence-electron chi connectivity index (χ1n) is 6.99. The topological polar surface area (TPSA) is 55.4 Å². The molecular weight excluding hydrogens is 334 g/mol. The average Bonchev–Trinajstić information content (AvgIpc) is 2.56. The van der Waals surface area contributed by atoms with Gasteiger partial charge in [0, 0.05) is 6.54 Å². The van der Waals surface area contributed by atoms with Gasteiger partial charge in [0.25, 0.3) is 0 Å². The van der Waals surface area contributed by atoms with E-state index in [9.17, 15) is 0 Å². The summed E-state index contributed by atoms with van der Waals surface area (Å²) >= 11 is 11.0. The van der Waals surface area contributed by atoms with Gasteiger partial charge >= 0.3 is 0 Å². The molecule has 0 aliphatic carbocycles. The molecule has 0 saturated heterocycles. The number of nitrogens with one attached hydrogen (secondary N) is 2. The molecule has 23 heavy (non-hydrogen) atoms. The van der Waals surface area contributed by atoms with Gasteiger partial charge in [0.2, 0.25) is 0 Å². The van der Waals surface area contributed by atoms with Crippen LogP contribution in [0.25, 0.3) is 0 Å². The number of aromatic nitrogens is 1. The van der Waals surface area contributed by atoms with Crippen LogP contribution in [0.3, 0.4) is 0 Å². The highest BCUT2D eigenvalue weighted by Gasteiger charge is 2.05. The van der Waals surface area contributed by atoms with Crippen LogP contribution in [-0.2, 0) is 6.42 Å². The molecule has 2 N–H and O–H groups in total. The fourth-order valence-corrected chi connectivity index (χ4v) is 2.31. The van der Waals surface area contributed by atoms with Crippen molar-refractivity contribution in [1.82, 2.24) is 10.3 Å². The van der Waals surface area contributed by atoms with Crippen molar-refractivity contribution < 1.29 is 9.47 Å². The Morgan fingerprint density at radius 3 is 2.61 bits per heavy atom. The molecule has 0 spiro atoms. The second-order valence-electron chi connectivity index (χ2n) is 4.69. The number of hydrogen-bond acceptors (Lipinski definition) is 4. The Balaban J connectivity index is 1.82. The van der Waals surface area contributed by atoms with Crippen molar-refractivity contribution in [2.45, 2.75) is 6.42 Å². The summed E-state index contributed by atoms with van der Waals surface area (Å²) in [6.07, 6.45) is 2.44. The lowest BCUT2D eigenvalue weighted by atomic mass is 10.1. The molecular formula is C16H18ClN3O2S. The number of hydrogen-bond donors (Lipinski definition) is 2. The summed E-state index contributed by atoms with van der Waals surface area (Å²) in [7, 11) is 3.24. The Kier molecular flexibility index (Phi) is 6.43. The van der Waals surface area contributed by atoms with Gasteiger partial charge in [0.1, 0.15) is 5.15 Å². The highest BCUT2D eigenvalue weighted by atomic mass is 35.5. The highest BCUT2D eigenvalue weighted by molar-refractivity contribution is 7.80. The van der Waals surface area contributed by atoms with Crippen LogP contribution in [0, 0.1) is 0 Å². The minimum absolute atomic E-state index is 0.447. The summed E-state index contributed by atoms with van der Waals surface area (Å²) in [6.45, 7) is 0.697. The molecule has 1 aromatic heterocycles. The van der Waals surface area contributed by atoms with E-state index in [0.717, 1.165) is 29.2 Å². The zero-order chi connectivity index (χ0) is 16.7. The minimum Gasteiger partial charge on any atom is -0.493 e. The Morgan fingerprint density at radius 1 is 1.17 bits per heavy atom. The van der Waals surface area contributed by atoms with Crippen molar-refractivity contribution in [1.29, 1.82) is 0 Å². The van der Waals surface area contributed by atoms with Crippen LogP contribution in [0.4, 0.5) is 5.69 Å². The number of rotatable bonds is 6. The standard InChI is InChI=1S/C16H18ClN3O2S/c1-21-13-5-3-11(9-14(13)22-2)7-8-18-16(23)20-12-4-6-15(17)19-10-12/h3-6,9-10H,7-8H2,1-2H3,(H2,18,20,23). The largest absolute Gasteiger partial charge is 0.493 e. The Hall–Kier alpha value is -2.05. The first kappa shape index (κ1) is 17.3. The van der Waals surface area contributed by atoms with E-state index in [1.165, 1.54) is 0 Å². The Morgan fingerprint density at radius 2 is 1.96 bits per heavy atom. The summed E-state index contributed by atoms with van der Waals surface area (Å²) in [4.78, 5) is 3.99. The Bertz CT molecular complexity index is 665. The fraction of sp³-hybridized carbons (Fsp3) is 0.250. The van der Waals surface area contributed by atoms with Crippen LogP contribution in [0.5, 0.6) is 11.5 Å². The van der Waals surface area contributed by atoms with Crippen LogP contribution in [0.1, 0.15) is 5.56 Å². The van der Waals surface area contributed by atoms with Gasteiger partial charge < -0.3 is 20.1 Å². The first-order valence-corrected chi connectivity index (χ1v) is 7.78. The number of methoxy groups -OCH3 is 2. The number of nitrogens with zero attached hydrogens (tertiary/aromatic N) is 1. The van der Waals surface area contributed by atoms with Gasteiger partial charge in [-0.05, 0) is 48.5 Å². The maximum atomic E-state index is 5.74. The van der Waals surface area contributed by atoms with E-state index in [1.807, 2.05) is 24.3 Å². The second-order valence-corrected chi connectivity index (χ2v) is 5.49. The molecule has 0 aliphatic rings. The van der Waals surface area contributed by atoms with Gasteiger partial charge in [0.05, 0.1) is 26.1 Å². The predicted octanol–water partition coefficient (Wildman–Crippen LogP) is 3.28. The molecule has 0 saturated carbocycles. The van der Waals surface area contributed by atoms with Crippen molar-refractivity contribution in [2.24, 2.45) is 0 Å². The molecule has 0 amide bonds. The summed E-state index contributed by atoms with van der Waals surface area (Å²) < 4.78 is 10.5. The van der Waals surface area contributed by atoms with E-state index in [0.29, 0.717) is 16.8 Å². The van der Waals surface area contributed by atoms with E-state index in [2.05, 4.69) is 15.6 Å².